The standard InChI is InChI=1S/C23H37N3O2/c1-4-24-22(26-14-10-20(11-15-26)28-5-2)25-18-23(12-16-27-17-13-23)21-9-7-6-8-19(21)3/h6-9,20H,4-5,10-18H2,1-3H3,(H,24,25). The Kier molecular flexibility index (Phi) is 7.74. The van der Waals surface area contributed by atoms with Crippen LogP contribution in [0.1, 0.15) is 50.7 Å². The van der Waals surface area contributed by atoms with Gasteiger partial charge in [-0.15, -0.1) is 0 Å². The lowest BCUT2D eigenvalue weighted by Gasteiger charge is -2.39. The first-order valence-corrected chi connectivity index (χ1v) is 11.0. The van der Waals surface area contributed by atoms with Crippen molar-refractivity contribution < 1.29 is 9.47 Å². The van der Waals surface area contributed by atoms with E-state index < -0.39 is 0 Å². The van der Waals surface area contributed by atoms with Crippen molar-refractivity contribution in [2.24, 2.45) is 4.99 Å². The van der Waals surface area contributed by atoms with Gasteiger partial charge in [0.25, 0.3) is 0 Å². The molecule has 5 heteroatoms. The van der Waals surface area contributed by atoms with E-state index >= 15 is 0 Å². The third kappa shape index (κ3) is 5.06. The highest BCUT2D eigenvalue weighted by Crippen LogP contribution is 2.37. The number of hydrogen-bond donors (Lipinski definition) is 1. The fraction of sp³-hybridized carbons (Fsp3) is 0.696. The molecule has 0 radical (unpaired) electrons. The number of aliphatic imine (C=N–C) groups is 1. The Morgan fingerprint density at radius 1 is 1.21 bits per heavy atom. The molecule has 1 aromatic rings. The van der Waals surface area contributed by atoms with Gasteiger partial charge in [-0.3, -0.25) is 4.99 Å². The average molecular weight is 388 g/mol. The second-order valence-electron chi connectivity index (χ2n) is 8.02. The quantitative estimate of drug-likeness (QED) is 0.599. The molecule has 0 aliphatic carbocycles. The molecular formula is C23H37N3O2. The Bertz CT molecular complexity index is 632. The van der Waals surface area contributed by atoms with Gasteiger partial charge < -0.3 is 19.7 Å². The molecule has 2 aliphatic heterocycles. The molecule has 0 unspecified atom stereocenters. The zero-order valence-corrected chi connectivity index (χ0v) is 17.9. The summed E-state index contributed by atoms with van der Waals surface area (Å²) in [6.07, 6.45) is 4.63. The first-order chi connectivity index (χ1) is 13.7. The second kappa shape index (κ2) is 10.3. The summed E-state index contributed by atoms with van der Waals surface area (Å²) in [4.78, 5) is 7.56. The minimum atomic E-state index is 0.0773. The van der Waals surface area contributed by atoms with E-state index in [-0.39, 0.29) is 5.41 Å². The van der Waals surface area contributed by atoms with Gasteiger partial charge in [0.1, 0.15) is 0 Å². The van der Waals surface area contributed by atoms with E-state index in [1.54, 1.807) is 0 Å². The number of hydrogen-bond acceptors (Lipinski definition) is 3. The third-order valence-electron chi connectivity index (χ3n) is 6.18. The summed E-state index contributed by atoms with van der Waals surface area (Å²) >= 11 is 0. The molecule has 2 fully saturated rings. The van der Waals surface area contributed by atoms with Crippen LogP contribution in [0.5, 0.6) is 0 Å². The van der Waals surface area contributed by atoms with E-state index in [2.05, 4.69) is 55.3 Å². The van der Waals surface area contributed by atoms with E-state index in [1.165, 1.54) is 11.1 Å². The van der Waals surface area contributed by atoms with Gasteiger partial charge in [-0.2, -0.15) is 0 Å². The molecular weight excluding hydrogens is 350 g/mol. The van der Waals surface area contributed by atoms with Gasteiger partial charge in [0, 0.05) is 44.9 Å². The average Bonchev–Trinajstić information content (AvgIpc) is 2.73. The number of piperidine rings is 1. The van der Waals surface area contributed by atoms with Gasteiger partial charge in [-0.25, -0.2) is 0 Å². The van der Waals surface area contributed by atoms with Crippen LogP contribution in [-0.4, -0.2) is 63.0 Å². The molecule has 2 heterocycles. The van der Waals surface area contributed by atoms with Crippen molar-refractivity contribution in [2.75, 3.05) is 46.0 Å². The van der Waals surface area contributed by atoms with Gasteiger partial charge >= 0.3 is 0 Å². The van der Waals surface area contributed by atoms with Crippen LogP contribution in [0, 0.1) is 6.92 Å². The maximum absolute atomic E-state index is 5.81. The Balaban J connectivity index is 1.77. The molecule has 0 bridgehead atoms. The first-order valence-electron chi connectivity index (χ1n) is 11.0. The molecule has 1 aromatic carbocycles. The SMILES string of the molecule is CCNC(=NCC1(c2ccccc2C)CCOCC1)N1CCC(OCC)CC1. The second-order valence-corrected chi connectivity index (χ2v) is 8.02. The summed E-state index contributed by atoms with van der Waals surface area (Å²) in [6.45, 7) is 12.6. The predicted molar refractivity (Wildman–Crippen MR) is 115 cm³/mol. The van der Waals surface area contributed by atoms with Crippen molar-refractivity contribution in [3.63, 3.8) is 0 Å². The highest BCUT2D eigenvalue weighted by Gasteiger charge is 2.35. The topological polar surface area (TPSA) is 46.1 Å². The monoisotopic (exact) mass is 387 g/mol. The minimum Gasteiger partial charge on any atom is -0.381 e. The number of guanidine groups is 1. The molecule has 2 aliphatic rings. The lowest BCUT2D eigenvalue weighted by molar-refractivity contribution is 0.0262. The summed E-state index contributed by atoms with van der Waals surface area (Å²) in [5.74, 6) is 1.05. The van der Waals surface area contributed by atoms with E-state index in [9.17, 15) is 0 Å². The highest BCUT2D eigenvalue weighted by molar-refractivity contribution is 5.80. The van der Waals surface area contributed by atoms with Crippen LogP contribution in [0.25, 0.3) is 0 Å². The zero-order chi connectivity index (χ0) is 19.8. The van der Waals surface area contributed by atoms with Crippen LogP contribution >= 0.6 is 0 Å². The molecule has 5 nitrogen and oxygen atoms in total. The lowest BCUT2D eigenvalue weighted by atomic mass is 9.72. The Hall–Kier alpha value is -1.59. The van der Waals surface area contributed by atoms with Gasteiger partial charge in [0.05, 0.1) is 12.6 Å². The molecule has 0 amide bonds. The molecule has 0 atom stereocenters. The lowest BCUT2D eigenvalue weighted by Crippen LogP contribution is -2.48. The number of benzene rings is 1. The largest absolute Gasteiger partial charge is 0.381 e. The van der Waals surface area contributed by atoms with Crippen molar-refractivity contribution >= 4 is 5.96 Å². The Labute approximate surface area is 170 Å². The normalized spacial score (nSPS) is 21.0. The molecule has 3 rings (SSSR count). The summed E-state index contributed by atoms with van der Waals surface area (Å²) in [5.41, 5.74) is 2.88. The third-order valence-corrected chi connectivity index (χ3v) is 6.18. The van der Waals surface area contributed by atoms with Crippen molar-refractivity contribution in [1.29, 1.82) is 0 Å². The number of nitrogens with zero attached hydrogens (tertiary/aromatic N) is 2. The molecule has 1 N–H and O–H groups in total. The molecule has 0 aromatic heterocycles. The smallest absolute Gasteiger partial charge is 0.193 e. The number of ether oxygens (including phenoxy) is 2. The molecule has 0 spiro atoms. The van der Waals surface area contributed by atoms with Crippen molar-refractivity contribution in [2.45, 2.75) is 58.0 Å². The van der Waals surface area contributed by atoms with E-state index in [0.29, 0.717) is 6.10 Å². The molecule has 0 saturated carbocycles. The highest BCUT2D eigenvalue weighted by atomic mass is 16.5. The summed E-state index contributed by atoms with van der Waals surface area (Å²) in [7, 11) is 0. The fourth-order valence-electron chi connectivity index (χ4n) is 4.56. The van der Waals surface area contributed by atoms with Gasteiger partial charge in [0.15, 0.2) is 5.96 Å². The minimum absolute atomic E-state index is 0.0773. The van der Waals surface area contributed by atoms with E-state index in [1.807, 2.05) is 0 Å². The van der Waals surface area contributed by atoms with Gasteiger partial charge in [-0.05, 0) is 57.6 Å². The predicted octanol–water partition coefficient (Wildman–Crippen LogP) is 3.51. The summed E-state index contributed by atoms with van der Waals surface area (Å²) in [6, 6.07) is 8.80. The van der Waals surface area contributed by atoms with Crippen LogP contribution in [0.15, 0.2) is 29.3 Å². The fourth-order valence-corrected chi connectivity index (χ4v) is 4.56. The summed E-state index contributed by atoms with van der Waals surface area (Å²) < 4.78 is 11.5. The van der Waals surface area contributed by atoms with Crippen molar-refractivity contribution in [3.8, 4) is 0 Å². The Morgan fingerprint density at radius 3 is 2.57 bits per heavy atom. The molecule has 2 saturated heterocycles. The zero-order valence-electron chi connectivity index (χ0n) is 17.9. The van der Waals surface area contributed by atoms with E-state index in [4.69, 9.17) is 14.5 Å². The number of aryl methyl sites for hydroxylation is 1. The van der Waals surface area contributed by atoms with E-state index in [0.717, 1.165) is 77.6 Å². The molecule has 28 heavy (non-hydrogen) atoms. The first kappa shape index (κ1) is 21.1. The van der Waals surface area contributed by atoms with Crippen molar-refractivity contribution in [1.82, 2.24) is 10.2 Å². The van der Waals surface area contributed by atoms with Crippen LogP contribution in [-0.2, 0) is 14.9 Å². The van der Waals surface area contributed by atoms with Crippen LogP contribution in [0.3, 0.4) is 0 Å². The van der Waals surface area contributed by atoms with Crippen molar-refractivity contribution in [3.05, 3.63) is 35.4 Å². The van der Waals surface area contributed by atoms with Crippen LogP contribution in [0.2, 0.25) is 0 Å². The van der Waals surface area contributed by atoms with Gasteiger partial charge in [0.2, 0.25) is 0 Å². The summed E-state index contributed by atoms with van der Waals surface area (Å²) in [5, 5.41) is 3.53. The van der Waals surface area contributed by atoms with Gasteiger partial charge in [-0.1, -0.05) is 24.3 Å². The molecule has 156 valence electrons. The number of likely N-dealkylation sites (tertiary alicyclic amines) is 1. The maximum atomic E-state index is 5.81. The van der Waals surface area contributed by atoms with Crippen LogP contribution < -0.4 is 5.32 Å². The Morgan fingerprint density at radius 2 is 1.93 bits per heavy atom. The number of nitrogens with one attached hydrogen (secondary N) is 1. The van der Waals surface area contributed by atoms with Crippen LogP contribution in [0.4, 0.5) is 0 Å². The number of rotatable bonds is 6. The maximum Gasteiger partial charge on any atom is 0.193 e.